The quantitative estimate of drug-likeness (QED) is 0.659. The summed E-state index contributed by atoms with van der Waals surface area (Å²) in [7, 11) is 0. The van der Waals surface area contributed by atoms with Crippen molar-refractivity contribution in [2.45, 2.75) is 26.8 Å². The summed E-state index contributed by atoms with van der Waals surface area (Å²) in [5.41, 5.74) is 1.40. The third kappa shape index (κ3) is 4.05. The number of nitriles is 1. The maximum atomic E-state index is 14.4. The lowest BCUT2D eigenvalue weighted by atomic mass is 10.00. The van der Waals surface area contributed by atoms with Crippen molar-refractivity contribution in [3.63, 3.8) is 0 Å². The normalized spacial score (nSPS) is 16.6. The number of aromatic nitrogens is 3. The molecule has 0 bridgehead atoms. The molecule has 1 aliphatic rings. The van der Waals surface area contributed by atoms with Gasteiger partial charge in [0.15, 0.2) is 5.82 Å². The lowest BCUT2D eigenvalue weighted by molar-refractivity contribution is 0.0499. The van der Waals surface area contributed by atoms with Crippen LogP contribution < -0.4 is 0 Å². The van der Waals surface area contributed by atoms with Crippen LogP contribution in [0, 0.1) is 24.1 Å². The Morgan fingerprint density at radius 3 is 2.67 bits per heavy atom. The van der Waals surface area contributed by atoms with Crippen LogP contribution in [0.25, 0.3) is 16.9 Å². The standard InChI is InChI=1S/C24H25FN6O2/c1-4-29-9-10-30(15(2)14-29)23(32)18-6-8-21(27-12-18)31-24(33)20(13-28-31)19-7-5-17(11-26)22(25)16(19)3/h5-8,12-13,15,33H,4,9-10,14H2,1-3H3/t15-/m0/s1. The molecule has 1 N–H and O–H groups in total. The van der Waals surface area contributed by atoms with Gasteiger partial charge in [-0.1, -0.05) is 13.0 Å². The lowest BCUT2D eigenvalue weighted by Crippen LogP contribution is -2.53. The molecule has 1 atom stereocenters. The van der Waals surface area contributed by atoms with Crippen molar-refractivity contribution in [3.8, 4) is 28.9 Å². The van der Waals surface area contributed by atoms with Crippen LogP contribution in [0.3, 0.4) is 0 Å². The molecule has 0 saturated carbocycles. The van der Waals surface area contributed by atoms with E-state index < -0.39 is 5.82 Å². The van der Waals surface area contributed by atoms with E-state index in [2.05, 4.69) is 21.9 Å². The third-order valence-corrected chi connectivity index (χ3v) is 6.17. The van der Waals surface area contributed by atoms with Gasteiger partial charge in [0.25, 0.3) is 5.91 Å². The van der Waals surface area contributed by atoms with Crippen LogP contribution in [0.4, 0.5) is 4.39 Å². The number of carbonyl (C=O) groups excluding carboxylic acids is 1. The van der Waals surface area contributed by atoms with Gasteiger partial charge in [0, 0.05) is 31.9 Å². The van der Waals surface area contributed by atoms with Crippen molar-refractivity contribution >= 4 is 5.91 Å². The number of halogens is 1. The zero-order valence-corrected chi connectivity index (χ0v) is 18.8. The summed E-state index contributed by atoms with van der Waals surface area (Å²) in [6.07, 6.45) is 2.89. The second-order valence-electron chi connectivity index (χ2n) is 8.15. The van der Waals surface area contributed by atoms with Crippen molar-refractivity contribution in [1.29, 1.82) is 5.26 Å². The minimum absolute atomic E-state index is 0.0597. The van der Waals surface area contributed by atoms with E-state index in [0.717, 1.165) is 19.6 Å². The van der Waals surface area contributed by atoms with Gasteiger partial charge in [-0.25, -0.2) is 9.37 Å². The van der Waals surface area contributed by atoms with E-state index in [1.807, 2.05) is 11.8 Å². The average Bonchev–Trinajstić information content (AvgIpc) is 3.21. The smallest absolute Gasteiger partial charge is 0.255 e. The number of hydrogen-bond acceptors (Lipinski definition) is 6. The van der Waals surface area contributed by atoms with E-state index in [9.17, 15) is 14.3 Å². The monoisotopic (exact) mass is 448 g/mol. The second kappa shape index (κ2) is 9.00. The number of pyridine rings is 1. The predicted molar refractivity (Wildman–Crippen MR) is 120 cm³/mol. The molecule has 3 aromatic rings. The number of nitrogens with zero attached hydrogens (tertiary/aromatic N) is 6. The van der Waals surface area contributed by atoms with Gasteiger partial charge < -0.3 is 10.0 Å². The molecule has 0 aliphatic carbocycles. The molecule has 1 aliphatic heterocycles. The first-order valence-electron chi connectivity index (χ1n) is 10.8. The van der Waals surface area contributed by atoms with Crippen LogP contribution in [0.5, 0.6) is 5.88 Å². The molecule has 1 aromatic carbocycles. The molecular weight excluding hydrogens is 423 g/mol. The fourth-order valence-corrected chi connectivity index (χ4v) is 4.19. The Bertz CT molecular complexity index is 1230. The van der Waals surface area contributed by atoms with Gasteiger partial charge in [0.2, 0.25) is 5.88 Å². The molecule has 3 heterocycles. The number of likely N-dealkylation sites (N-methyl/N-ethyl adjacent to an activating group) is 1. The van der Waals surface area contributed by atoms with Gasteiger partial charge in [0.05, 0.1) is 22.9 Å². The molecule has 1 saturated heterocycles. The number of carbonyl (C=O) groups is 1. The Morgan fingerprint density at radius 1 is 1.24 bits per heavy atom. The minimum Gasteiger partial charge on any atom is -0.493 e. The fourth-order valence-electron chi connectivity index (χ4n) is 4.19. The Hall–Kier alpha value is -3.77. The molecule has 4 rings (SSSR count). The number of rotatable bonds is 4. The van der Waals surface area contributed by atoms with Crippen molar-refractivity contribution in [2.24, 2.45) is 0 Å². The van der Waals surface area contributed by atoms with Crippen LogP contribution in [-0.4, -0.2) is 67.8 Å². The largest absolute Gasteiger partial charge is 0.493 e. The zero-order chi connectivity index (χ0) is 23.7. The van der Waals surface area contributed by atoms with Gasteiger partial charge >= 0.3 is 0 Å². The summed E-state index contributed by atoms with van der Waals surface area (Å²) < 4.78 is 15.6. The summed E-state index contributed by atoms with van der Waals surface area (Å²) in [4.78, 5) is 21.5. The number of piperazine rings is 1. The summed E-state index contributed by atoms with van der Waals surface area (Å²) in [6, 6.07) is 8.14. The van der Waals surface area contributed by atoms with E-state index >= 15 is 0 Å². The molecule has 1 amide bonds. The Morgan fingerprint density at radius 2 is 2.03 bits per heavy atom. The van der Waals surface area contributed by atoms with Crippen LogP contribution >= 0.6 is 0 Å². The molecule has 9 heteroatoms. The summed E-state index contributed by atoms with van der Waals surface area (Å²) >= 11 is 0. The molecule has 2 aromatic heterocycles. The van der Waals surface area contributed by atoms with E-state index in [4.69, 9.17) is 5.26 Å². The van der Waals surface area contributed by atoms with Crippen LogP contribution in [0.2, 0.25) is 0 Å². The number of amides is 1. The van der Waals surface area contributed by atoms with Gasteiger partial charge in [-0.3, -0.25) is 9.69 Å². The van der Waals surface area contributed by atoms with E-state index in [1.54, 1.807) is 31.2 Å². The second-order valence-corrected chi connectivity index (χ2v) is 8.15. The molecular formula is C24H25FN6O2. The van der Waals surface area contributed by atoms with E-state index in [0.29, 0.717) is 29.1 Å². The van der Waals surface area contributed by atoms with Gasteiger partial charge in [0.1, 0.15) is 11.9 Å². The molecule has 0 unspecified atom stereocenters. The van der Waals surface area contributed by atoms with E-state index in [-0.39, 0.29) is 29.0 Å². The van der Waals surface area contributed by atoms with Gasteiger partial charge in [-0.15, -0.1) is 0 Å². The molecule has 0 spiro atoms. The Balaban J connectivity index is 1.57. The number of aromatic hydroxyl groups is 1. The Labute approximate surface area is 191 Å². The highest BCUT2D eigenvalue weighted by molar-refractivity contribution is 5.94. The fraction of sp³-hybridized carbons (Fsp3) is 0.333. The molecule has 170 valence electrons. The van der Waals surface area contributed by atoms with Gasteiger partial charge in [-0.05, 0) is 49.7 Å². The van der Waals surface area contributed by atoms with Crippen LogP contribution in [-0.2, 0) is 0 Å². The SMILES string of the molecule is CCN1CCN(C(=O)c2ccc(-n3ncc(-c4ccc(C#N)c(F)c4C)c3O)nc2)[C@@H](C)C1. The topological polar surface area (TPSA) is 98.3 Å². The van der Waals surface area contributed by atoms with Crippen molar-refractivity contribution in [1.82, 2.24) is 24.6 Å². The predicted octanol–water partition coefficient (Wildman–Crippen LogP) is 3.13. The maximum Gasteiger partial charge on any atom is 0.255 e. The molecule has 1 fully saturated rings. The zero-order valence-electron chi connectivity index (χ0n) is 18.8. The van der Waals surface area contributed by atoms with E-state index in [1.165, 1.54) is 23.1 Å². The maximum absolute atomic E-state index is 14.4. The molecule has 8 nitrogen and oxygen atoms in total. The summed E-state index contributed by atoms with van der Waals surface area (Å²) in [5.74, 6) is -0.590. The first kappa shape index (κ1) is 22.4. The van der Waals surface area contributed by atoms with Crippen molar-refractivity contribution in [3.05, 3.63) is 59.2 Å². The minimum atomic E-state index is -0.628. The third-order valence-electron chi connectivity index (χ3n) is 6.17. The Kier molecular flexibility index (Phi) is 6.11. The van der Waals surface area contributed by atoms with Crippen molar-refractivity contribution in [2.75, 3.05) is 26.2 Å². The van der Waals surface area contributed by atoms with Crippen molar-refractivity contribution < 1.29 is 14.3 Å². The highest BCUT2D eigenvalue weighted by Gasteiger charge is 2.27. The number of benzene rings is 1. The van der Waals surface area contributed by atoms with Gasteiger partial charge in [-0.2, -0.15) is 15.0 Å². The first-order valence-corrected chi connectivity index (χ1v) is 10.8. The lowest BCUT2D eigenvalue weighted by Gasteiger charge is -2.39. The number of hydrogen-bond donors (Lipinski definition) is 1. The summed E-state index contributed by atoms with van der Waals surface area (Å²) in [6.45, 7) is 9.01. The first-order chi connectivity index (χ1) is 15.8. The summed E-state index contributed by atoms with van der Waals surface area (Å²) in [5, 5.41) is 23.9. The highest BCUT2D eigenvalue weighted by atomic mass is 19.1. The van der Waals surface area contributed by atoms with Crippen LogP contribution in [0.15, 0.2) is 36.7 Å². The average molecular weight is 449 g/mol. The molecule has 0 radical (unpaired) electrons. The highest BCUT2D eigenvalue weighted by Crippen LogP contribution is 2.34. The van der Waals surface area contributed by atoms with Crippen LogP contribution in [0.1, 0.15) is 35.3 Å². The molecule has 33 heavy (non-hydrogen) atoms.